The lowest BCUT2D eigenvalue weighted by molar-refractivity contribution is 0.127. The van der Waals surface area contributed by atoms with Crippen LogP contribution in [0, 0.1) is 11.7 Å². The van der Waals surface area contributed by atoms with E-state index in [0.29, 0.717) is 4.88 Å². The highest BCUT2D eigenvalue weighted by Gasteiger charge is 2.16. The van der Waals surface area contributed by atoms with Crippen LogP contribution in [0.1, 0.15) is 24.8 Å². The van der Waals surface area contributed by atoms with Crippen molar-refractivity contribution in [2.24, 2.45) is 5.92 Å². The Morgan fingerprint density at radius 3 is 2.55 bits per heavy atom. The second kappa shape index (κ2) is 3.32. The first-order valence-electron chi connectivity index (χ1n) is 3.54. The first kappa shape index (κ1) is 8.68. The average Bonchev–Trinajstić information content (AvgIpc) is 2.33. The Kier molecular flexibility index (Phi) is 2.62. The molecule has 1 rings (SSSR count). The van der Waals surface area contributed by atoms with Gasteiger partial charge in [-0.25, -0.2) is 4.39 Å². The van der Waals surface area contributed by atoms with Crippen molar-refractivity contribution in [1.82, 2.24) is 0 Å². The van der Waals surface area contributed by atoms with E-state index in [9.17, 15) is 9.50 Å². The van der Waals surface area contributed by atoms with Gasteiger partial charge in [0.15, 0.2) is 0 Å². The van der Waals surface area contributed by atoms with Gasteiger partial charge in [0.2, 0.25) is 0 Å². The predicted molar refractivity (Wildman–Crippen MR) is 44.1 cm³/mol. The van der Waals surface area contributed by atoms with Crippen molar-refractivity contribution in [3.05, 3.63) is 22.1 Å². The zero-order valence-electron chi connectivity index (χ0n) is 6.54. The topological polar surface area (TPSA) is 20.2 Å². The molecular weight excluding hydrogens is 163 g/mol. The summed E-state index contributed by atoms with van der Waals surface area (Å²) in [5.74, 6) is -0.223. The van der Waals surface area contributed by atoms with Gasteiger partial charge in [-0.2, -0.15) is 0 Å². The van der Waals surface area contributed by atoms with E-state index < -0.39 is 6.10 Å². The molecule has 1 heterocycles. The minimum Gasteiger partial charge on any atom is -0.387 e. The van der Waals surface area contributed by atoms with E-state index in [2.05, 4.69) is 0 Å². The zero-order valence-corrected chi connectivity index (χ0v) is 7.36. The molecule has 0 radical (unpaired) electrons. The summed E-state index contributed by atoms with van der Waals surface area (Å²) in [6.07, 6.45) is -0.657. The Bertz CT molecular complexity index is 232. The molecule has 0 saturated carbocycles. The third kappa shape index (κ3) is 1.79. The fourth-order valence-electron chi connectivity index (χ4n) is 0.819. The van der Waals surface area contributed by atoms with Crippen molar-refractivity contribution in [2.45, 2.75) is 20.0 Å². The molecule has 0 fully saturated rings. The van der Waals surface area contributed by atoms with Crippen LogP contribution in [0.25, 0.3) is 0 Å². The molecule has 0 aliphatic carbocycles. The van der Waals surface area contributed by atoms with Gasteiger partial charge in [-0.05, 0) is 17.4 Å². The lowest BCUT2D eigenvalue weighted by Crippen LogP contribution is -2.04. The highest BCUT2D eigenvalue weighted by atomic mass is 32.1. The van der Waals surface area contributed by atoms with Crippen molar-refractivity contribution in [2.75, 3.05) is 0 Å². The summed E-state index contributed by atoms with van der Waals surface area (Å²) in [6.45, 7) is 3.73. The number of hydrogen-bond acceptors (Lipinski definition) is 2. The third-order valence-corrected chi connectivity index (χ3v) is 2.51. The lowest BCUT2D eigenvalue weighted by Gasteiger charge is -2.11. The molecule has 1 aromatic heterocycles. The number of thiophene rings is 1. The molecule has 0 aliphatic rings. The summed E-state index contributed by atoms with van der Waals surface area (Å²) in [5, 5.41) is 11.1. The van der Waals surface area contributed by atoms with Crippen LogP contribution < -0.4 is 0 Å². The standard InChI is InChI=1S/C8H11FOS/c1-5(2)7(10)8-6(9)3-4-11-8/h3-5,7,10H,1-2H3. The minimum absolute atomic E-state index is 0.0724. The lowest BCUT2D eigenvalue weighted by atomic mass is 10.1. The molecule has 0 spiro atoms. The summed E-state index contributed by atoms with van der Waals surface area (Å²) in [4.78, 5) is 0.444. The van der Waals surface area contributed by atoms with Crippen LogP contribution in [0.2, 0.25) is 0 Å². The van der Waals surface area contributed by atoms with Gasteiger partial charge in [-0.1, -0.05) is 13.8 Å². The summed E-state index contributed by atoms with van der Waals surface area (Å²) in [7, 11) is 0. The monoisotopic (exact) mass is 174 g/mol. The number of halogens is 1. The second-order valence-corrected chi connectivity index (χ2v) is 3.77. The molecule has 3 heteroatoms. The molecule has 0 bridgehead atoms. The summed E-state index contributed by atoms with van der Waals surface area (Å²) in [6, 6.07) is 1.38. The van der Waals surface area contributed by atoms with Crippen molar-refractivity contribution in [1.29, 1.82) is 0 Å². The van der Waals surface area contributed by atoms with Gasteiger partial charge in [-0.3, -0.25) is 0 Å². The van der Waals surface area contributed by atoms with Gasteiger partial charge in [0.1, 0.15) is 5.82 Å². The Morgan fingerprint density at radius 2 is 2.18 bits per heavy atom. The van der Waals surface area contributed by atoms with Gasteiger partial charge in [0.25, 0.3) is 0 Å². The number of hydrogen-bond donors (Lipinski definition) is 1. The number of rotatable bonds is 2. The maximum absolute atomic E-state index is 12.8. The van der Waals surface area contributed by atoms with E-state index in [1.807, 2.05) is 13.8 Å². The molecule has 0 amide bonds. The highest BCUT2D eigenvalue weighted by Crippen LogP contribution is 2.28. The summed E-state index contributed by atoms with van der Waals surface area (Å²) < 4.78 is 12.8. The normalized spacial score (nSPS) is 13.9. The Labute approximate surface area is 69.5 Å². The maximum Gasteiger partial charge on any atom is 0.139 e. The van der Waals surface area contributed by atoms with E-state index in [4.69, 9.17) is 0 Å². The van der Waals surface area contributed by atoms with Gasteiger partial charge in [0.05, 0.1) is 11.0 Å². The first-order valence-corrected chi connectivity index (χ1v) is 4.42. The maximum atomic E-state index is 12.8. The van der Waals surface area contributed by atoms with Crippen molar-refractivity contribution < 1.29 is 9.50 Å². The molecule has 1 unspecified atom stereocenters. The molecule has 0 aliphatic heterocycles. The minimum atomic E-state index is -0.657. The van der Waals surface area contributed by atoms with E-state index in [0.717, 1.165) is 0 Å². The van der Waals surface area contributed by atoms with Crippen molar-refractivity contribution >= 4 is 11.3 Å². The Balaban J connectivity index is 2.84. The van der Waals surface area contributed by atoms with Gasteiger partial charge in [0, 0.05) is 0 Å². The molecule has 11 heavy (non-hydrogen) atoms. The van der Waals surface area contributed by atoms with E-state index in [1.165, 1.54) is 17.4 Å². The molecule has 1 aromatic rings. The Morgan fingerprint density at radius 1 is 1.55 bits per heavy atom. The van der Waals surface area contributed by atoms with Crippen LogP contribution in [0.5, 0.6) is 0 Å². The Hall–Kier alpha value is -0.410. The number of aliphatic hydroxyl groups is 1. The molecule has 1 nitrogen and oxygen atoms in total. The smallest absolute Gasteiger partial charge is 0.139 e. The first-order chi connectivity index (χ1) is 5.13. The van der Waals surface area contributed by atoms with Crippen LogP contribution in [0.15, 0.2) is 11.4 Å². The largest absolute Gasteiger partial charge is 0.387 e. The van der Waals surface area contributed by atoms with Gasteiger partial charge in [-0.15, -0.1) is 11.3 Å². The molecule has 1 atom stereocenters. The fraction of sp³-hybridized carbons (Fsp3) is 0.500. The van der Waals surface area contributed by atoms with Gasteiger partial charge >= 0.3 is 0 Å². The third-order valence-electron chi connectivity index (χ3n) is 1.54. The SMILES string of the molecule is CC(C)C(O)c1sccc1F. The van der Waals surface area contributed by atoms with E-state index >= 15 is 0 Å². The average molecular weight is 174 g/mol. The van der Waals surface area contributed by atoms with Crippen LogP contribution in [0.3, 0.4) is 0 Å². The van der Waals surface area contributed by atoms with Crippen LogP contribution >= 0.6 is 11.3 Å². The molecule has 1 N–H and O–H groups in total. The summed E-state index contributed by atoms with van der Waals surface area (Å²) in [5.41, 5.74) is 0. The quantitative estimate of drug-likeness (QED) is 0.730. The second-order valence-electron chi connectivity index (χ2n) is 2.82. The summed E-state index contributed by atoms with van der Waals surface area (Å²) >= 11 is 1.26. The van der Waals surface area contributed by atoms with E-state index in [-0.39, 0.29) is 11.7 Å². The predicted octanol–water partition coefficient (Wildman–Crippen LogP) is 2.58. The van der Waals surface area contributed by atoms with Crippen LogP contribution in [-0.4, -0.2) is 5.11 Å². The fourth-order valence-corrected chi connectivity index (χ4v) is 1.75. The highest BCUT2D eigenvalue weighted by molar-refractivity contribution is 7.10. The van der Waals surface area contributed by atoms with Crippen LogP contribution in [0.4, 0.5) is 4.39 Å². The zero-order chi connectivity index (χ0) is 8.43. The van der Waals surface area contributed by atoms with Crippen LogP contribution in [-0.2, 0) is 0 Å². The van der Waals surface area contributed by atoms with Gasteiger partial charge < -0.3 is 5.11 Å². The van der Waals surface area contributed by atoms with Crippen molar-refractivity contribution in [3.8, 4) is 0 Å². The van der Waals surface area contributed by atoms with E-state index in [1.54, 1.807) is 5.38 Å². The molecule has 0 aromatic carbocycles. The number of aliphatic hydroxyl groups excluding tert-OH is 1. The molecule has 0 saturated heterocycles. The molecule has 62 valence electrons. The molecular formula is C8H11FOS. The van der Waals surface area contributed by atoms with Crippen molar-refractivity contribution in [3.63, 3.8) is 0 Å².